The lowest BCUT2D eigenvalue weighted by Crippen LogP contribution is -2.42. The predicted octanol–water partition coefficient (Wildman–Crippen LogP) is 5.37. The molecule has 1 atom stereocenters. The molecule has 1 amide bonds. The molecule has 0 bridgehead atoms. The minimum Gasteiger partial charge on any atom is -0.497 e. The van der Waals surface area contributed by atoms with Crippen LogP contribution in [0.25, 0.3) is 11.1 Å². The topological polar surface area (TPSA) is 84.9 Å². The molecule has 6 nitrogen and oxygen atoms in total. The second kappa shape index (κ2) is 11.7. The van der Waals surface area contributed by atoms with Crippen LogP contribution in [0.3, 0.4) is 0 Å². The summed E-state index contributed by atoms with van der Waals surface area (Å²) in [7, 11) is 1.64. The maximum absolute atomic E-state index is 12.7. The number of hydrogen-bond acceptors (Lipinski definition) is 4. The van der Waals surface area contributed by atoms with E-state index in [0.29, 0.717) is 12.2 Å². The van der Waals surface area contributed by atoms with Gasteiger partial charge in [0, 0.05) is 12.0 Å². The summed E-state index contributed by atoms with van der Waals surface area (Å²) in [5.74, 6) is 0.0643. The third kappa shape index (κ3) is 6.51. The van der Waals surface area contributed by atoms with E-state index in [1.54, 1.807) is 19.2 Å². The van der Waals surface area contributed by atoms with E-state index < -0.39 is 17.9 Å². The first kappa shape index (κ1) is 24.5. The van der Waals surface area contributed by atoms with Crippen LogP contribution in [0.15, 0.2) is 103 Å². The van der Waals surface area contributed by atoms with Crippen LogP contribution in [0.2, 0.25) is 0 Å². The summed E-state index contributed by atoms with van der Waals surface area (Å²) in [6.07, 6.45) is 0.215. The van der Waals surface area contributed by atoms with Gasteiger partial charge >= 0.3 is 5.97 Å². The van der Waals surface area contributed by atoms with Crippen molar-refractivity contribution in [2.24, 2.45) is 0 Å². The second-order valence-electron chi connectivity index (χ2n) is 8.29. The summed E-state index contributed by atoms with van der Waals surface area (Å²) in [5, 5.41) is 12.2. The van der Waals surface area contributed by atoms with Crippen LogP contribution in [0.4, 0.5) is 0 Å². The molecule has 4 aromatic rings. The number of aliphatic carboxylic acids is 1. The van der Waals surface area contributed by atoms with Gasteiger partial charge in [0.15, 0.2) is 0 Å². The number of nitrogens with one attached hydrogen (secondary N) is 1. The first-order valence-corrected chi connectivity index (χ1v) is 11.6. The van der Waals surface area contributed by atoms with Gasteiger partial charge in [-0.25, -0.2) is 4.79 Å². The summed E-state index contributed by atoms with van der Waals surface area (Å²) >= 11 is 0. The molecule has 4 aromatic carbocycles. The maximum Gasteiger partial charge on any atom is 0.326 e. The molecule has 0 radical (unpaired) electrons. The van der Waals surface area contributed by atoms with E-state index in [9.17, 15) is 14.7 Å². The van der Waals surface area contributed by atoms with Crippen molar-refractivity contribution in [3.63, 3.8) is 0 Å². The van der Waals surface area contributed by atoms with Crippen LogP contribution in [0, 0.1) is 0 Å². The first-order chi connectivity index (χ1) is 17.5. The van der Waals surface area contributed by atoms with Gasteiger partial charge in [-0.3, -0.25) is 4.79 Å². The highest BCUT2D eigenvalue weighted by molar-refractivity contribution is 5.97. The Kier molecular flexibility index (Phi) is 7.98. The molecule has 0 aliphatic heterocycles. The molecule has 1 unspecified atom stereocenters. The molecule has 0 spiro atoms. The molecule has 0 saturated carbocycles. The molecule has 0 aliphatic rings. The lowest BCUT2D eigenvalue weighted by molar-refractivity contribution is -0.139. The summed E-state index contributed by atoms with van der Waals surface area (Å²) in [5.41, 5.74) is 4.20. The van der Waals surface area contributed by atoms with Crippen LogP contribution in [-0.2, 0) is 17.8 Å². The molecule has 0 fully saturated rings. The number of carbonyl (C=O) groups is 2. The number of hydrogen-bond donors (Lipinski definition) is 2. The number of carbonyl (C=O) groups excluding carboxylic acids is 1. The normalized spacial score (nSPS) is 11.4. The molecule has 0 aromatic heterocycles. The number of rotatable bonds is 10. The standard InChI is InChI=1S/C30H27NO5/c1-35-26-15-7-22(8-16-26)20-36-27-17-13-24(14-18-27)23-9-11-25(12-10-23)29(32)31-28(30(33)34)19-21-5-3-2-4-6-21/h2-18,28H,19-20H2,1H3,(H,31,32)(H,33,34). The highest BCUT2D eigenvalue weighted by Crippen LogP contribution is 2.24. The van der Waals surface area contributed by atoms with E-state index in [1.165, 1.54) is 0 Å². The van der Waals surface area contributed by atoms with Gasteiger partial charge in [0.25, 0.3) is 5.91 Å². The van der Waals surface area contributed by atoms with Gasteiger partial charge in [-0.2, -0.15) is 0 Å². The van der Waals surface area contributed by atoms with Crippen molar-refractivity contribution in [3.05, 3.63) is 120 Å². The van der Waals surface area contributed by atoms with Gasteiger partial charge in [-0.15, -0.1) is 0 Å². The quantitative estimate of drug-likeness (QED) is 0.318. The Labute approximate surface area is 210 Å². The average Bonchev–Trinajstić information content (AvgIpc) is 2.92. The van der Waals surface area contributed by atoms with Gasteiger partial charge in [-0.1, -0.05) is 66.7 Å². The van der Waals surface area contributed by atoms with Crippen LogP contribution >= 0.6 is 0 Å². The number of methoxy groups -OCH3 is 1. The van der Waals surface area contributed by atoms with Crippen LogP contribution in [0.5, 0.6) is 11.5 Å². The number of amides is 1. The maximum atomic E-state index is 12.7. The Bertz CT molecular complexity index is 1280. The van der Waals surface area contributed by atoms with Crippen LogP contribution in [-0.4, -0.2) is 30.1 Å². The van der Waals surface area contributed by atoms with E-state index in [1.807, 2.05) is 91.0 Å². The Balaban J connectivity index is 1.35. The lowest BCUT2D eigenvalue weighted by atomic mass is 10.0. The van der Waals surface area contributed by atoms with E-state index in [2.05, 4.69) is 5.32 Å². The van der Waals surface area contributed by atoms with E-state index in [-0.39, 0.29) is 6.42 Å². The average molecular weight is 482 g/mol. The van der Waals surface area contributed by atoms with E-state index >= 15 is 0 Å². The fourth-order valence-corrected chi connectivity index (χ4v) is 3.74. The zero-order chi connectivity index (χ0) is 25.3. The molecule has 2 N–H and O–H groups in total. The van der Waals surface area contributed by atoms with Gasteiger partial charge < -0.3 is 19.9 Å². The van der Waals surface area contributed by atoms with Gasteiger partial charge in [-0.05, 0) is 58.7 Å². The molecular formula is C30H27NO5. The molecule has 4 rings (SSSR count). The minimum atomic E-state index is -1.07. The summed E-state index contributed by atoms with van der Waals surface area (Å²) < 4.78 is 11.0. The number of carboxylic acid groups (broad SMARTS) is 1. The monoisotopic (exact) mass is 481 g/mol. The number of benzene rings is 4. The zero-order valence-electron chi connectivity index (χ0n) is 19.9. The van der Waals surface area contributed by atoms with Gasteiger partial charge in [0.2, 0.25) is 0 Å². The first-order valence-electron chi connectivity index (χ1n) is 11.6. The Morgan fingerprint density at radius 2 is 1.33 bits per heavy atom. The molecule has 36 heavy (non-hydrogen) atoms. The zero-order valence-corrected chi connectivity index (χ0v) is 19.9. The Morgan fingerprint density at radius 3 is 1.92 bits per heavy atom. The highest BCUT2D eigenvalue weighted by atomic mass is 16.5. The van der Waals surface area contributed by atoms with Crippen LogP contribution in [0.1, 0.15) is 21.5 Å². The van der Waals surface area contributed by atoms with Crippen molar-refractivity contribution in [1.82, 2.24) is 5.32 Å². The lowest BCUT2D eigenvalue weighted by Gasteiger charge is -2.15. The molecule has 0 heterocycles. The van der Waals surface area contributed by atoms with Crippen molar-refractivity contribution in [1.29, 1.82) is 0 Å². The third-order valence-corrected chi connectivity index (χ3v) is 5.79. The fourth-order valence-electron chi connectivity index (χ4n) is 3.74. The third-order valence-electron chi connectivity index (χ3n) is 5.79. The summed E-state index contributed by atoms with van der Waals surface area (Å²) in [4.78, 5) is 24.3. The fraction of sp³-hybridized carbons (Fsp3) is 0.133. The highest BCUT2D eigenvalue weighted by Gasteiger charge is 2.21. The van der Waals surface area contributed by atoms with Crippen molar-refractivity contribution in [3.8, 4) is 22.6 Å². The summed E-state index contributed by atoms with van der Waals surface area (Å²) in [6.45, 7) is 0.453. The predicted molar refractivity (Wildman–Crippen MR) is 138 cm³/mol. The van der Waals surface area contributed by atoms with E-state index in [4.69, 9.17) is 9.47 Å². The smallest absolute Gasteiger partial charge is 0.326 e. The van der Waals surface area contributed by atoms with E-state index in [0.717, 1.165) is 33.8 Å². The second-order valence-corrected chi connectivity index (χ2v) is 8.29. The number of carboxylic acids is 1. The van der Waals surface area contributed by atoms with Crippen molar-refractivity contribution < 1.29 is 24.2 Å². The SMILES string of the molecule is COc1ccc(COc2ccc(-c3ccc(C(=O)NC(Cc4ccccc4)C(=O)O)cc3)cc2)cc1. The minimum absolute atomic E-state index is 0.215. The number of ether oxygens (including phenoxy) is 2. The van der Waals surface area contributed by atoms with Gasteiger partial charge in [0.05, 0.1) is 7.11 Å². The molecule has 0 saturated heterocycles. The van der Waals surface area contributed by atoms with Crippen molar-refractivity contribution >= 4 is 11.9 Å². The van der Waals surface area contributed by atoms with Crippen molar-refractivity contribution in [2.45, 2.75) is 19.1 Å². The molecule has 6 heteroatoms. The summed E-state index contributed by atoms with van der Waals surface area (Å²) in [6, 6.07) is 30.7. The van der Waals surface area contributed by atoms with Gasteiger partial charge in [0.1, 0.15) is 24.1 Å². The Hall–Kier alpha value is -4.58. The van der Waals surface area contributed by atoms with Crippen LogP contribution < -0.4 is 14.8 Å². The molecule has 182 valence electrons. The molecule has 0 aliphatic carbocycles. The largest absolute Gasteiger partial charge is 0.497 e. The van der Waals surface area contributed by atoms with Crippen molar-refractivity contribution in [2.75, 3.05) is 7.11 Å². The Morgan fingerprint density at radius 1 is 0.750 bits per heavy atom. The molecular weight excluding hydrogens is 454 g/mol.